The van der Waals surface area contributed by atoms with Gasteiger partial charge in [-0.1, -0.05) is 37.6 Å². The Hall–Kier alpha value is -0.820. The van der Waals surface area contributed by atoms with Gasteiger partial charge in [0.15, 0.2) is 0 Å². The first-order valence-corrected chi connectivity index (χ1v) is 6.35. The number of hydrogen-bond acceptors (Lipinski definition) is 1. The van der Waals surface area contributed by atoms with Crippen molar-refractivity contribution < 1.29 is 0 Å². The van der Waals surface area contributed by atoms with Crippen LogP contribution in [-0.4, -0.2) is 12.6 Å². The molecule has 0 aromatic heterocycles. The Bertz CT molecular complexity index is 330. The molecule has 1 heteroatoms. The van der Waals surface area contributed by atoms with E-state index in [0.717, 1.165) is 6.54 Å². The number of nitrogens with one attached hydrogen (secondary N) is 1. The van der Waals surface area contributed by atoms with Crippen molar-refractivity contribution in [3.63, 3.8) is 0 Å². The Morgan fingerprint density at radius 1 is 1.19 bits per heavy atom. The molecule has 0 aliphatic carbocycles. The Morgan fingerprint density at radius 2 is 1.88 bits per heavy atom. The third kappa shape index (κ3) is 3.64. The highest BCUT2D eigenvalue weighted by Gasteiger charge is 2.11. The van der Waals surface area contributed by atoms with Gasteiger partial charge in [-0.15, -0.1) is 0 Å². The summed E-state index contributed by atoms with van der Waals surface area (Å²) in [6.07, 6.45) is 1.21. The summed E-state index contributed by atoms with van der Waals surface area (Å²) in [7, 11) is 0. The average molecular weight is 219 g/mol. The summed E-state index contributed by atoms with van der Waals surface area (Å²) in [5.74, 6) is 0.634. The van der Waals surface area contributed by atoms with Crippen LogP contribution in [0.5, 0.6) is 0 Å². The zero-order valence-corrected chi connectivity index (χ0v) is 11.3. The van der Waals surface area contributed by atoms with Crippen LogP contribution in [0.3, 0.4) is 0 Å². The maximum atomic E-state index is 3.48. The highest BCUT2D eigenvalue weighted by atomic mass is 14.9. The van der Waals surface area contributed by atoms with Gasteiger partial charge in [-0.2, -0.15) is 0 Å². The van der Waals surface area contributed by atoms with E-state index in [1.807, 2.05) is 0 Å². The maximum Gasteiger partial charge on any atom is 0.00443 e. The summed E-state index contributed by atoms with van der Waals surface area (Å²) in [6.45, 7) is 12.2. The molecule has 0 aliphatic rings. The van der Waals surface area contributed by atoms with Gasteiger partial charge in [0.05, 0.1) is 0 Å². The molecule has 0 bridgehead atoms. The summed E-state index contributed by atoms with van der Waals surface area (Å²) in [5, 5.41) is 3.48. The topological polar surface area (TPSA) is 12.0 Å². The van der Waals surface area contributed by atoms with E-state index in [2.05, 4.69) is 58.1 Å². The molecule has 1 aromatic carbocycles. The van der Waals surface area contributed by atoms with Gasteiger partial charge in [-0.05, 0) is 50.8 Å². The van der Waals surface area contributed by atoms with E-state index in [0.29, 0.717) is 12.0 Å². The van der Waals surface area contributed by atoms with Crippen LogP contribution in [-0.2, 0) is 0 Å². The summed E-state index contributed by atoms with van der Waals surface area (Å²) in [4.78, 5) is 0. The summed E-state index contributed by atoms with van der Waals surface area (Å²) in [6, 6.07) is 7.38. The first-order valence-electron chi connectivity index (χ1n) is 6.35. The van der Waals surface area contributed by atoms with Crippen LogP contribution in [0.25, 0.3) is 0 Å². The van der Waals surface area contributed by atoms with Gasteiger partial charge in [-0.25, -0.2) is 0 Å². The lowest BCUT2D eigenvalue weighted by Gasteiger charge is -2.20. The smallest absolute Gasteiger partial charge is 0.00443 e. The zero-order chi connectivity index (χ0) is 12.1. The fourth-order valence-corrected chi connectivity index (χ4v) is 2.47. The van der Waals surface area contributed by atoms with Gasteiger partial charge in [-0.3, -0.25) is 0 Å². The largest absolute Gasteiger partial charge is 0.315 e. The van der Waals surface area contributed by atoms with Crippen molar-refractivity contribution >= 4 is 0 Å². The SMILES string of the molecule is CCNC(C)CC(C)c1ccc(C)cc1C. The Labute approximate surface area is 100 Å². The minimum atomic E-state index is 0.598. The molecule has 1 N–H and O–H groups in total. The molecule has 1 aromatic rings. The highest BCUT2D eigenvalue weighted by molar-refractivity contribution is 5.32. The summed E-state index contributed by atoms with van der Waals surface area (Å²) >= 11 is 0. The third-order valence-electron chi connectivity index (χ3n) is 3.22. The molecule has 0 amide bonds. The van der Waals surface area contributed by atoms with Gasteiger partial charge in [0, 0.05) is 6.04 Å². The van der Waals surface area contributed by atoms with E-state index in [1.54, 1.807) is 0 Å². The first kappa shape index (κ1) is 13.2. The Morgan fingerprint density at radius 3 is 2.44 bits per heavy atom. The molecule has 0 saturated carbocycles. The number of hydrogen-bond donors (Lipinski definition) is 1. The van der Waals surface area contributed by atoms with Crippen LogP contribution in [0, 0.1) is 13.8 Å². The molecular weight excluding hydrogens is 194 g/mol. The summed E-state index contributed by atoms with van der Waals surface area (Å²) in [5.41, 5.74) is 4.28. The van der Waals surface area contributed by atoms with Gasteiger partial charge < -0.3 is 5.32 Å². The third-order valence-corrected chi connectivity index (χ3v) is 3.22. The second-order valence-electron chi connectivity index (χ2n) is 4.96. The van der Waals surface area contributed by atoms with E-state index in [1.165, 1.54) is 23.1 Å². The number of benzene rings is 1. The lowest BCUT2D eigenvalue weighted by molar-refractivity contribution is 0.490. The molecular formula is C15H25N. The van der Waals surface area contributed by atoms with Crippen LogP contribution in [0.15, 0.2) is 18.2 Å². The molecule has 1 rings (SSSR count). The van der Waals surface area contributed by atoms with Crippen LogP contribution < -0.4 is 5.32 Å². The average Bonchev–Trinajstić information content (AvgIpc) is 2.17. The molecule has 2 atom stereocenters. The Kier molecular flexibility index (Phi) is 5.01. The zero-order valence-electron chi connectivity index (χ0n) is 11.3. The second-order valence-corrected chi connectivity index (χ2v) is 4.96. The van der Waals surface area contributed by atoms with Gasteiger partial charge >= 0.3 is 0 Å². The standard InChI is InChI=1S/C15H25N/c1-6-16-14(5)10-13(4)15-8-7-11(2)9-12(15)3/h7-9,13-14,16H,6,10H2,1-5H3. The van der Waals surface area contributed by atoms with Gasteiger partial charge in [0.2, 0.25) is 0 Å². The molecule has 0 spiro atoms. The molecule has 0 aliphatic heterocycles. The number of rotatable bonds is 5. The fourth-order valence-electron chi connectivity index (χ4n) is 2.47. The summed E-state index contributed by atoms with van der Waals surface area (Å²) < 4.78 is 0. The van der Waals surface area contributed by atoms with E-state index in [4.69, 9.17) is 0 Å². The van der Waals surface area contributed by atoms with Crippen molar-refractivity contribution in [2.24, 2.45) is 0 Å². The molecule has 2 unspecified atom stereocenters. The lowest BCUT2D eigenvalue weighted by atomic mass is 9.90. The van der Waals surface area contributed by atoms with Crippen LogP contribution in [0.2, 0.25) is 0 Å². The van der Waals surface area contributed by atoms with Crippen LogP contribution in [0.1, 0.15) is 49.8 Å². The maximum absolute atomic E-state index is 3.48. The van der Waals surface area contributed by atoms with E-state index in [9.17, 15) is 0 Å². The van der Waals surface area contributed by atoms with E-state index in [-0.39, 0.29) is 0 Å². The van der Waals surface area contributed by atoms with E-state index >= 15 is 0 Å². The van der Waals surface area contributed by atoms with Crippen LogP contribution >= 0.6 is 0 Å². The van der Waals surface area contributed by atoms with Crippen molar-refractivity contribution in [2.75, 3.05) is 6.54 Å². The normalized spacial score (nSPS) is 14.8. The molecule has 1 nitrogen and oxygen atoms in total. The van der Waals surface area contributed by atoms with Crippen molar-refractivity contribution in [1.29, 1.82) is 0 Å². The lowest BCUT2D eigenvalue weighted by Crippen LogP contribution is -2.27. The predicted octanol–water partition coefficient (Wildman–Crippen LogP) is 3.80. The number of aryl methyl sites for hydroxylation is 2. The first-order chi connectivity index (χ1) is 7.54. The fraction of sp³-hybridized carbons (Fsp3) is 0.600. The molecule has 0 heterocycles. The van der Waals surface area contributed by atoms with Crippen molar-refractivity contribution in [3.05, 3.63) is 34.9 Å². The molecule has 16 heavy (non-hydrogen) atoms. The molecule has 0 fully saturated rings. The van der Waals surface area contributed by atoms with Crippen molar-refractivity contribution in [2.45, 2.75) is 53.0 Å². The predicted molar refractivity (Wildman–Crippen MR) is 72.1 cm³/mol. The minimum Gasteiger partial charge on any atom is -0.315 e. The minimum absolute atomic E-state index is 0.598. The van der Waals surface area contributed by atoms with Gasteiger partial charge in [0.1, 0.15) is 0 Å². The van der Waals surface area contributed by atoms with Gasteiger partial charge in [0.25, 0.3) is 0 Å². The molecule has 90 valence electrons. The van der Waals surface area contributed by atoms with E-state index < -0.39 is 0 Å². The van der Waals surface area contributed by atoms with Crippen LogP contribution in [0.4, 0.5) is 0 Å². The Balaban J connectivity index is 2.69. The quantitative estimate of drug-likeness (QED) is 0.794. The molecule has 0 radical (unpaired) electrons. The van der Waals surface area contributed by atoms with Crippen molar-refractivity contribution in [1.82, 2.24) is 5.32 Å². The molecule has 0 saturated heterocycles. The second kappa shape index (κ2) is 6.05. The monoisotopic (exact) mass is 219 g/mol. The highest BCUT2D eigenvalue weighted by Crippen LogP contribution is 2.24. The van der Waals surface area contributed by atoms with Crippen molar-refractivity contribution in [3.8, 4) is 0 Å².